The van der Waals surface area contributed by atoms with Crippen molar-refractivity contribution in [1.29, 1.82) is 0 Å². The summed E-state index contributed by atoms with van der Waals surface area (Å²) < 4.78 is 4.81. The highest BCUT2D eigenvalue weighted by Gasteiger charge is 2.01. The standard InChI is InChI=1S/C13H12N2O2.C9H6N2O.H2O3/c1-2-17-12(16)6-5-11-9-14-8-10-4-3-7-15-13(10)11;12-6-8-5-10-4-7-2-1-3-11-9(7)8;1-3-2/h3-9H,2H2,1H3;1-6H;1-2H/b6-5-;;. The van der Waals surface area contributed by atoms with Crippen LogP contribution in [0.25, 0.3) is 27.9 Å². The first-order chi connectivity index (χ1) is 15.6. The molecular formula is C22H20N4O6. The van der Waals surface area contributed by atoms with Crippen LogP contribution in [0.15, 0.2) is 67.5 Å². The van der Waals surface area contributed by atoms with Gasteiger partial charge in [-0.2, -0.15) is 0 Å². The Morgan fingerprint density at radius 1 is 0.938 bits per heavy atom. The molecular weight excluding hydrogens is 416 g/mol. The molecule has 4 aromatic heterocycles. The van der Waals surface area contributed by atoms with Crippen LogP contribution < -0.4 is 0 Å². The minimum atomic E-state index is -0.361. The van der Waals surface area contributed by atoms with Gasteiger partial charge >= 0.3 is 5.97 Å². The SMILES string of the molecule is CCOC(=O)/C=C\c1cncc2cccnc12.O=Cc1cncc2cccnc12.OOO. The smallest absolute Gasteiger partial charge is 0.330 e. The van der Waals surface area contributed by atoms with E-state index < -0.39 is 0 Å². The van der Waals surface area contributed by atoms with E-state index in [0.717, 1.165) is 28.1 Å². The molecule has 2 N–H and O–H groups in total. The molecule has 0 spiro atoms. The van der Waals surface area contributed by atoms with Crippen LogP contribution in [-0.4, -0.2) is 49.3 Å². The summed E-state index contributed by atoms with van der Waals surface area (Å²) in [5.41, 5.74) is 2.87. The quantitative estimate of drug-likeness (QED) is 0.160. The number of aldehydes is 1. The van der Waals surface area contributed by atoms with Crippen LogP contribution in [0.2, 0.25) is 0 Å². The van der Waals surface area contributed by atoms with Crippen LogP contribution in [0, 0.1) is 0 Å². The van der Waals surface area contributed by atoms with Gasteiger partial charge in [-0.25, -0.2) is 15.3 Å². The molecule has 4 aromatic rings. The lowest BCUT2D eigenvalue weighted by Gasteiger charge is -1.99. The van der Waals surface area contributed by atoms with Gasteiger partial charge in [-0.15, -0.1) is 0 Å². The van der Waals surface area contributed by atoms with Crippen molar-refractivity contribution in [1.82, 2.24) is 19.9 Å². The number of hydrogen-bond acceptors (Lipinski definition) is 10. The Morgan fingerprint density at radius 3 is 2.00 bits per heavy atom. The number of esters is 1. The average Bonchev–Trinajstić information content (AvgIpc) is 2.83. The number of fused-ring (bicyclic) bond motifs is 2. The normalized spacial score (nSPS) is 10.1. The topological polar surface area (TPSA) is 145 Å². The molecule has 0 aliphatic rings. The predicted molar refractivity (Wildman–Crippen MR) is 116 cm³/mol. The minimum Gasteiger partial charge on any atom is -0.463 e. The summed E-state index contributed by atoms with van der Waals surface area (Å²) in [5.74, 6) is -0.361. The molecule has 0 aliphatic carbocycles. The second kappa shape index (κ2) is 13.2. The Morgan fingerprint density at radius 2 is 1.47 bits per heavy atom. The first-order valence-electron chi connectivity index (χ1n) is 9.27. The van der Waals surface area contributed by atoms with E-state index in [9.17, 15) is 9.59 Å². The Balaban J connectivity index is 0.000000211. The molecule has 0 radical (unpaired) electrons. The minimum absolute atomic E-state index is 0.361. The highest BCUT2D eigenvalue weighted by Crippen LogP contribution is 2.15. The van der Waals surface area contributed by atoms with E-state index in [2.05, 4.69) is 25.0 Å². The van der Waals surface area contributed by atoms with E-state index in [4.69, 9.17) is 15.3 Å². The van der Waals surface area contributed by atoms with Gasteiger partial charge in [-0.05, 0) is 37.3 Å². The van der Waals surface area contributed by atoms with Gasteiger partial charge in [-0.3, -0.25) is 24.7 Å². The lowest BCUT2D eigenvalue weighted by Crippen LogP contribution is -1.98. The summed E-state index contributed by atoms with van der Waals surface area (Å²) in [6.07, 6.45) is 13.8. The lowest BCUT2D eigenvalue weighted by molar-refractivity contribution is -0.465. The fourth-order valence-corrected chi connectivity index (χ4v) is 2.60. The number of hydrogen-bond donors (Lipinski definition) is 2. The van der Waals surface area contributed by atoms with E-state index in [1.165, 1.54) is 12.3 Å². The van der Waals surface area contributed by atoms with Gasteiger partial charge in [0.25, 0.3) is 0 Å². The van der Waals surface area contributed by atoms with Crippen molar-refractivity contribution in [2.45, 2.75) is 6.92 Å². The Hall–Kier alpha value is -4.12. The van der Waals surface area contributed by atoms with E-state index in [1.54, 1.807) is 44.0 Å². The van der Waals surface area contributed by atoms with Crippen LogP contribution in [0.5, 0.6) is 0 Å². The van der Waals surface area contributed by atoms with Crippen molar-refractivity contribution in [3.63, 3.8) is 0 Å². The van der Waals surface area contributed by atoms with E-state index in [0.29, 0.717) is 17.7 Å². The highest BCUT2D eigenvalue weighted by molar-refractivity contribution is 5.94. The number of rotatable bonds is 4. The Kier molecular flexibility index (Phi) is 9.99. The third-order valence-corrected chi connectivity index (χ3v) is 3.89. The Bertz CT molecular complexity index is 1190. The molecule has 0 saturated heterocycles. The van der Waals surface area contributed by atoms with E-state index in [1.807, 2.05) is 24.3 Å². The fraction of sp³-hybridized carbons (Fsp3) is 0.0909. The zero-order chi connectivity index (χ0) is 23.2. The summed E-state index contributed by atoms with van der Waals surface area (Å²) in [6.45, 7) is 2.14. The second-order valence-corrected chi connectivity index (χ2v) is 5.89. The van der Waals surface area contributed by atoms with Crippen LogP contribution >= 0.6 is 0 Å². The zero-order valence-electron chi connectivity index (χ0n) is 17.0. The molecule has 10 heteroatoms. The number of carbonyl (C=O) groups excluding carboxylic acids is 2. The molecule has 4 heterocycles. The first kappa shape index (κ1) is 24.2. The summed E-state index contributed by atoms with van der Waals surface area (Å²) in [6, 6.07) is 7.47. The molecule has 32 heavy (non-hydrogen) atoms. The average molecular weight is 436 g/mol. The third-order valence-electron chi connectivity index (χ3n) is 3.89. The monoisotopic (exact) mass is 436 g/mol. The summed E-state index contributed by atoms with van der Waals surface area (Å²) >= 11 is 0. The number of aromatic nitrogens is 4. The molecule has 0 fully saturated rings. The van der Waals surface area contributed by atoms with Crippen molar-refractivity contribution < 1.29 is 29.9 Å². The van der Waals surface area contributed by atoms with Crippen molar-refractivity contribution in [3.05, 3.63) is 78.6 Å². The van der Waals surface area contributed by atoms with Gasteiger partial charge < -0.3 is 4.74 Å². The third kappa shape index (κ3) is 6.99. The number of pyridine rings is 4. The van der Waals surface area contributed by atoms with Crippen LogP contribution in [0.4, 0.5) is 0 Å². The molecule has 0 unspecified atom stereocenters. The lowest BCUT2D eigenvalue weighted by atomic mass is 10.2. The van der Waals surface area contributed by atoms with Gasteiger partial charge in [0, 0.05) is 59.6 Å². The summed E-state index contributed by atoms with van der Waals surface area (Å²) in [4.78, 5) is 38.1. The maximum absolute atomic E-state index is 11.2. The van der Waals surface area contributed by atoms with E-state index >= 15 is 0 Å². The first-order valence-corrected chi connectivity index (χ1v) is 9.27. The Labute approximate surface area is 182 Å². The van der Waals surface area contributed by atoms with Crippen LogP contribution in [0.1, 0.15) is 22.8 Å². The van der Waals surface area contributed by atoms with Crippen molar-refractivity contribution in [3.8, 4) is 0 Å². The molecule has 0 aromatic carbocycles. The second-order valence-electron chi connectivity index (χ2n) is 5.89. The molecule has 0 saturated carbocycles. The van der Waals surface area contributed by atoms with Gasteiger partial charge in [0.1, 0.15) is 0 Å². The van der Waals surface area contributed by atoms with Crippen molar-refractivity contribution >= 4 is 40.1 Å². The van der Waals surface area contributed by atoms with Crippen LogP contribution in [-0.2, 0) is 14.6 Å². The van der Waals surface area contributed by atoms with Crippen molar-refractivity contribution in [2.75, 3.05) is 6.61 Å². The number of ether oxygens (including phenoxy) is 1. The highest BCUT2D eigenvalue weighted by atomic mass is 17.4. The summed E-state index contributed by atoms with van der Waals surface area (Å²) in [5, 5.41) is 17.3. The molecule has 4 rings (SSSR count). The number of carbonyl (C=O) groups is 2. The van der Waals surface area contributed by atoms with Crippen LogP contribution in [0.3, 0.4) is 0 Å². The van der Waals surface area contributed by atoms with Gasteiger partial charge in [0.05, 0.1) is 23.2 Å². The van der Waals surface area contributed by atoms with E-state index in [-0.39, 0.29) is 5.97 Å². The zero-order valence-corrected chi connectivity index (χ0v) is 17.0. The molecule has 0 aliphatic heterocycles. The number of nitrogens with zero attached hydrogens (tertiary/aromatic N) is 4. The fourth-order valence-electron chi connectivity index (χ4n) is 2.60. The molecule has 164 valence electrons. The largest absolute Gasteiger partial charge is 0.463 e. The van der Waals surface area contributed by atoms with Gasteiger partial charge in [0.2, 0.25) is 0 Å². The van der Waals surface area contributed by atoms with Crippen molar-refractivity contribution in [2.24, 2.45) is 0 Å². The van der Waals surface area contributed by atoms with Gasteiger partial charge in [-0.1, -0.05) is 5.04 Å². The molecule has 0 amide bonds. The van der Waals surface area contributed by atoms with Gasteiger partial charge in [0.15, 0.2) is 6.29 Å². The summed E-state index contributed by atoms with van der Waals surface area (Å²) in [7, 11) is 0. The maximum Gasteiger partial charge on any atom is 0.330 e. The predicted octanol–water partition coefficient (Wildman–Crippen LogP) is 3.60. The molecule has 0 atom stereocenters. The molecule has 10 nitrogen and oxygen atoms in total. The molecule has 0 bridgehead atoms. The maximum atomic E-state index is 11.2.